The average molecular weight is 562 g/mol. The van der Waals surface area contributed by atoms with Gasteiger partial charge in [0.05, 0.1) is 0 Å². The molecule has 1 aliphatic carbocycles. The molecule has 176 valence electrons. The fourth-order valence-electron chi connectivity index (χ4n) is 5.62. The predicted molar refractivity (Wildman–Crippen MR) is 133 cm³/mol. The van der Waals surface area contributed by atoms with Crippen molar-refractivity contribution in [3.05, 3.63) is 112 Å². The molecule has 0 aliphatic heterocycles. The van der Waals surface area contributed by atoms with E-state index in [0.717, 1.165) is 0 Å². The second kappa shape index (κ2) is 11.8. The molecule has 34 heavy (non-hydrogen) atoms. The zero-order valence-corrected chi connectivity index (χ0v) is 25.5. The van der Waals surface area contributed by atoms with Gasteiger partial charge in [-0.1, -0.05) is 0 Å². The second-order valence-corrected chi connectivity index (χ2v) is 14.9. The van der Waals surface area contributed by atoms with Crippen LogP contribution in [0, 0.1) is 13.8 Å². The van der Waals surface area contributed by atoms with Gasteiger partial charge in [0, 0.05) is 0 Å². The van der Waals surface area contributed by atoms with Crippen molar-refractivity contribution in [1.82, 2.24) is 0 Å². The first-order chi connectivity index (χ1) is 14.8. The summed E-state index contributed by atoms with van der Waals surface area (Å²) in [5.74, 6) is 0. The minimum Gasteiger partial charge on any atom is -1.00 e. The summed E-state index contributed by atoms with van der Waals surface area (Å²) in [5.41, 5.74) is 8.80. The molecule has 3 aromatic rings. The van der Waals surface area contributed by atoms with Crippen LogP contribution in [-0.2, 0) is 20.4 Å². The summed E-state index contributed by atoms with van der Waals surface area (Å²) in [4.78, 5) is 0. The summed E-state index contributed by atoms with van der Waals surface area (Å²) in [6.45, 7) is 14.0. The molecule has 0 N–H and O–H groups in total. The fourth-order valence-corrected chi connectivity index (χ4v) is 14.4. The minimum atomic E-state index is -2.52. The van der Waals surface area contributed by atoms with Crippen molar-refractivity contribution < 1.29 is 57.7 Å². The molecule has 1 aliphatic rings. The molecule has 0 saturated carbocycles. The predicted octanol–water partition coefficient (Wildman–Crippen LogP) is -3.28. The van der Waals surface area contributed by atoms with Crippen molar-refractivity contribution in [1.29, 1.82) is 0 Å². The molecule has 0 nitrogen and oxygen atoms in total. The monoisotopic (exact) mass is 560 g/mol. The van der Waals surface area contributed by atoms with E-state index in [-0.39, 0.29) is 40.6 Å². The van der Waals surface area contributed by atoms with E-state index in [1.165, 1.54) is 49.0 Å². The summed E-state index contributed by atoms with van der Waals surface area (Å²) < 4.78 is -0.0393. The molecular weight excluding hydrogens is 531 g/mol. The number of rotatable bonds is 4. The van der Waals surface area contributed by atoms with Crippen molar-refractivity contribution in [2.45, 2.75) is 44.9 Å². The third-order valence-electron chi connectivity index (χ3n) is 7.80. The quantitative estimate of drug-likeness (QED) is 0.232. The number of allylic oxidation sites excluding steroid dienone is 4. The van der Waals surface area contributed by atoms with Gasteiger partial charge in [-0.15, -0.1) is 0 Å². The van der Waals surface area contributed by atoms with Crippen molar-refractivity contribution in [2.75, 3.05) is 0 Å². The molecule has 0 fully saturated rings. The maximum atomic E-state index is 2.53. The van der Waals surface area contributed by atoms with E-state index in [9.17, 15) is 0 Å². The first-order valence-electron chi connectivity index (χ1n) is 11.1. The van der Waals surface area contributed by atoms with Crippen LogP contribution in [-0.4, -0.2) is 8.07 Å². The third-order valence-corrected chi connectivity index (χ3v) is 16.3. The van der Waals surface area contributed by atoms with Crippen LogP contribution in [0.5, 0.6) is 0 Å². The van der Waals surface area contributed by atoms with Gasteiger partial charge in [0.15, 0.2) is 0 Å². The molecule has 0 heterocycles. The van der Waals surface area contributed by atoms with E-state index in [1.54, 1.807) is 0 Å². The van der Waals surface area contributed by atoms with Gasteiger partial charge in [-0.25, -0.2) is 0 Å². The van der Waals surface area contributed by atoms with Crippen LogP contribution in [0.15, 0.2) is 101 Å². The van der Waals surface area contributed by atoms with E-state index in [4.69, 9.17) is 0 Å². The van der Waals surface area contributed by atoms with Crippen LogP contribution >= 0.6 is 0 Å². The number of aryl methyl sites for hydroxylation is 1. The van der Waals surface area contributed by atoms with Gasteiger partial charge >= 0.3 is 201 Å². The zero-order chi connectivity index (χ0) is 22.4. The van der Waals surface area contributed by atoms with E-state index in [2.05, 4.69) is 141 Å². The Labute approximate surface area is 237 Å². The Bertz CT molecular complexity index is 1140. The maximum absolute atomic E-state index is 2.53. The zero-order valence-electron chi connectivity index (χ0n) is 20.6. The number of halogens is 3. The van der Waals surface area contributed by atoms with Crippen molar-refractivity contribution in [3.63, 3.8) is 0 Å². The van der Waals surface area contributed by atoms with E-state index in [0.29, 0.717) is 0 Å². The molecule has 0 aromatic heterocycles. The SMILES string of the molecule is CC1=C(C)[C]([Ti+3])([Si](c2ccccc2)(c2ccccc2)c2cccc(C)c2C)C(C)=C1C.[Cl-].[Cl-].[Cl-]. The third kappa shape index (κ3) is 4.34. The van der Waals surface area contributed by atoms with Gasteiger partial charge < -0.3 is 37.2 Å². The molecule has 0 radical (unpaired) electrons. The topological polar surface area (TPSA) is 0 Å². The van der Waals surface area contributed by atoms with Gasteiger partial charge in [-0.2, -0.15) is 0 Å². The average Bonchev–Trinajstić information content (AvgIpc) is 2.94. The normalized spacial score (nSPS) is 14.8. The Morgan fingerprint density at radius 3 is 1.38 bits per heavy atom. The van der Waals surface area contributed by atoms with Gasteiger partial charge in [0.2, 0.25) is 0 Å². The van der Waals surface area contributed by atoms with Gasteiger partial charge in [0.1, 0.15) is 0 Å². The van der Waals surface area contributed by atoms with Crippen LogP contribution in [0.4, 0.5) is 0 Å². The molecule has 5 heteroatoms. The summed E-state index contributed by atoms with van der Waals surface area (Å²) in [5, 5.41) is 4.51. The molecule has 3 aromatic carbocycles. The summed E-state index contributed by atoms with van der Waals surface area (Å²) in [6, 6.07) is 29.7. The van der Waals surface area contributed by atoms with E-state index < -0.39 is 8.07 Å². The number of benzene rings is 3. The molecule has 0 saturated heterocycles. The first-order valence-corrected chi connectivity index (χ1v) is 13.8. The second-order valence-electron chi connectivity index (χ2n) is 8.98. The molecular formula is C29H31Cl3SiTi. The van der Waals surface area contributed by atoms with Gasteiger partial charge in [-0.05, 0) is 0 Å². The van der Waals surface area contributed by atoms with Crippen molar-refractivity contribution in [2.24, 2.45) is 0 Å². The van der Waals surface area contributed by atoms with Crippen molar-refractivity contribution in [3.8, 4) is 0 Å². The Balaban J connectivity index is 0.00000193. The maximum Gasteiger partial charge on any atom is -1.00 e. The largest absolute Gasteiger partial charge is 1.00 e. The Morgan fingerprint density at radius 2 is 0.971 bits per heavy atom. The van der Waals surface area contributed by atoms with Crippen LogP contribution in [0.3, 0.4) is 0 Å². The standard InChI is InChI=1S/C29H31Si.3ClH.Ti/c1-20-14-13-19-28(21(20)2)30(26-15-9-7-10-16-26,27-17-11-8-12-18-27)29-24(5)22(3)23(4)25(29)6;;;;/h7-19H,1-6H3;3*1H;/q;;;;+3/p-3. The number of hydrogen-bond acceptors (Lipinski definition) is 0. The smallest absolute Gasteiger partial charge is 1.00 e. The molecule has 0 unspecified atom stereocenters. The first kappa shape index (κ1) is 31.0. The fraction of sp³-hybridized carbons (Fsp3) is 0.241. The Kier molecular flexibility index (Phi) is 10.7. The van der Waals surface area contributed by atoms with Crippen LogP contribution in [0.2, 0.25) is 3.34 Å². The molecule has 4 rings (SSSR count). The Hall–Kier alpha value is -1.06. The minimum absolute atomic E-state index is 0. The van der Waals surface area contributed by atoms with Crippen LogP contribution in [0.1, 0.15) is 38.8 Å². The van der Waals surface area contributed by atoms with Gasteiger partial charge in [0.25, 0.3) is 0 Å². The molecule has 0 atom stereocenters. The molecule has 0 spiro atoms. The summed E-state index contributed by atoms with van der Waals surface area (Å²) in [7, 11) is -2.52. The van der Waals surface area contributed by atoms with Crippen LogP contribution < -0.4 is 52.8 Å². The molecule has 0 bridgehead atoms. The number of hydrogen-bond donors (Lipinski definition) is 0. The Morgan fingerprint density at radius 1 is 0.559 bits per heavy atom. The van der Waals surface area contributed by atoms with E-state index in [1.807, 2.05) is 0 Å². The van der Waals surface area contributed by atoms with Crippen LogP contribution in [0.25, 0.3) is 0 Å². The van der Waals surface area contributed by atoms with Gasteiger partial charge in [-0.3, -0.25) is 0 Å². The van der Waals surface area contributed by atoms with Crippen molar-refractivity contribution >= 4 is 23.6 Å². The summed E-state index contributed by atoms with van der Waals surface area (Å²) in [6.07, 6.45) is 0. The van der Waals surface area contributed by atoms with E-state index >= 15 is 0 Å². The summed E-state index contributed by atoms with van der Waals surface area (Å²) >= 11 is 2.53. The molecule has 0 amide bonds.